The average molecular weight is 254 g/mol. The van der Waals surface area contributed by atoms with Crippen LogP contribution in [0.5, 0.6) is 5.75 Å². The Bertz CT molecular complexity index is 598. The van der Waals surface area contributed by atoms with Gasteiger partial charge in [0.05, 0.1) is 11.7 Å². The minimum Gasteiger partial charge on any atom is -0.490 e. The van der Waals surface area contributed by atoms with Gasteiger partial charge in [-0.05, 0) is 48.2 Å². The Morgan fingerprint density at radius 1 is 1.05 bits per heavy atom. The van der Waals surface area contributed by atoms with Gasteiger partial charge in [0.25, 0.3) is 0 Å². The van der Waals surface area contributed by atoms with E-state index in [0.717, 1.165) is 29.7 Å². The predicted octanol–water partition coefficient (Wildman–Crippen LogP) is 3.59. The largest absolute Gasteiger partial charge is 0.490 e. The van der Waals surface area contributed by atoms with Crippen LogP contribution in [0.25, 0.3) is 11.1 Å². The SMILES string of the molecule is O=C(O)c1cccc(-c2ccc(OC3CC3)cc2)c1. The van der Waals surface area contributed by atoms with Crippen LogP contribution >= 0.6 is 0 Å². The molecule has 1 N–H and O–H groups in total. The summed E-state index contributed by atoms with van der Waals surface area (Å²) >= 11 is 0. The third-order valence-electron chi connectivity index (χ3n) is 3.12. The Kier molecular flexibility index (Phi) is 2.95. The molecule has 1 saturated carbocycles. The average Bonchev–Trinajstić information content (AvgIpc) is 3.24. The van der Waals surface area contributed by atoms with Crippen molar-refractivity contribution in [3.05, 3.63) is 54.1 Å². The van der Waals surface area contributed by atoms with Crippen LogP contribution in [0.3, 0.4) is 0 Å². The molecule has 1 aliphatic carbocycles. The Hall–Kier alpha value is -2.29. The van der Waals surface area contributed by atoms with Gasteiger partial charge in [0.15, 0.2) is 0 Å². The lowest BCUT2D eigenvalue weighted by Crippen LogP contribution is -1.96. The van der Waals surface area contributed by atoms with E-state index in [2.05, 4.69) is 0 Å². The fourth-order valence-corrected chi connectivity index (χ4v) is 1.94. The first-order valence-corrected chi connectivity index (χ1v) is 6.33. The van der Waals surface area contributed by atoms with Crippen molar-refractivity contribution in [2.75, 3.05) is 0 Å². The van der Waals surface area contributed by atoms with E-state index in [1.165, 1.54) is 0 Å². The molecular weight excluding hydrogens is 240 g/mol. The maximum atomic E-state index is 10.9. The van der Waals surface area contributed by atoms with Gasteiger partial charge in [-0.1, -0.05) is 24.3 Å². The maximum absolute atomic E-state index is 10.9. The number of carboxylic acids is 1. The number of ether oxygens (including phenoxy) is 1. The minimum absolute atomic E-state index is 0.302. The summed E-state index contributed by atoms with van der Waals surface area (Å²) in [5.41, 5.74) is 2.19. The summed E-state index contributed by atoms with van der Waals surface area (Å²) in [5, 5.41) is 8.99. The quantitative estimate of drug-likeness (QED) is 0.906. The molecule has 0 unspecified atom stereocenters. The predicted molar refractivity (Wildman–Crippen MR) is 72.5 cm³/mol. The van der Waals surface area contributed by atoms with Crippen LogP contribution in [0.2, 0.25) is 0 Å². The molecule has 3 rings (SSSR count). The number of aromatic carboxylic acids is 1. The molecule has 0 amide bonds. The Morgan fingerprint density at radius 2 is 1.79 bits per heavy atom. The number of hydrogen-bond acceptors (Lipinski definition) is 2. The molecule has 0 aromatic heterocycles. The fraction of sp³-hybridized carbons (Fsp3) is 0.188. The number of hydrogen-bond donors (Lipinski definition) is 1. The van der Waals surface area contributed by atoms with Crippen molar-refractivity contribution in [2.24, 2.45) is 0 Å². The molecule has 1 aliphatic rings. The second-order valence-electron chi connectivity index (χ2n) is 4.73. The maximum Gasteiger partial charge on any atom is 0.335 e. The van der Waals surface area contributed by atoms with E-state index < -0.39 is 5.97 Å². The molecule has 1 fully saturated rings. The Labute approximate surface area is 111 Å². The van der Waals surface area contributed by atoms with Gasteiger partial charge in [-0.15, -0.1) is 0 Å². The summed E-state index contributed by atoms with van der Waals surface area (Å²) in [6.45, 7) is 0. The molecular formula is C16H14O3. The monoisotopic (exact) mass is 254 g/mol. The molecule has 19 heavy (non-hydrogen) atoms. The second-order valence-corrected chi connectivity index (χ2v) is 4.73. The molecule has 96 valence electrons. The van der Waals surface area contributed by atoms with Crippen molar-refractivity contribution in [3.63, 3.8) is 0 Å². The van der Waals surface area contributed by atoms with E-state index in [0.29, 0.717) is 11.7 Å². The molecule has 2 aromatic rings. The van der Waals surface area contributed by atoms with Gasteiger partial charge in [0, 0.05) is 0 Å². The first-order chi connectivity index (χ1) is 9.22. The van der Waals surface area contributed by atoms with Crippen LogP contribution in [0.1, 0.15) is 23.2 Å². The molecule has 0 atom stereocenters. The molecule has 0 radical (unpaired) electrons. The van der Waals surface area contributed by atoms with E-state index in [4.69, 9.17) is 9.84 Å². The third-order valence-corrected chi connectivity index (χ3v) is 3.12. The first kappa shape index (κ1) is 11.8. The van der Waals surface area contributed by atoms with Crippen molar-refractivity contribution >= 4 is 5.97 Å². The van der Waals surface area contributed by atoms with Crippen LogP contribution < -0.4 is 4.74 Å². The molecule has 0 spiro atoms. The van der Waals surface area contributed by atoms with Gasteiger partial charge < -0.3 is 9.84 Å². The van der Waals surface area contributed by atoms with E-state index in [9.17, 15) is 4.79 Å². The smallest absolute Gasteiger partial charge is 0.335 e. The summed E-state index contributed by atoms with van der Waals surface area (Å²) in [7, 11) is 0. The van der Waals surface area contributed by atoms with Crippen LogP contribution in [0.15, 0.2) is 48.5 Å². The van der Waals surface area contributed by atoms with E-state index in [1.807, 2.05) is 30.3 Å². The summed E-state index contributed by atoms with van der Waals surface area (Å²) < 4.78 is 5.68. The van der Waals surface area contributed by atoms with Gasteiger partial charge in [-0.2, -0.15) is 0 Å². The van der Waals surface area contributed by atoms with Crippen molar-refractivity contribution in [1.82, 2.24) is 0 Å². The number of carbonyl (C=O) groups is 1. The number of carboxylic acid groups (broad SMARTS) is 1. The molecule has 3 heteroatoms. The van der Waals surface area contributed by atoms with Gasteiger partial charge in [-0.3, -0.25) is 0 Å². The van der Waals surface area contributed by atoms with Crippen molar-refractivity contribution < 1.29 is 14.6 Å². The second kappa shape index (κ2) is 4.76. The number of rotatable bonds is 4. The molecule has 2 aromatic carbocycles. The highest BCUT2D eigenvalue weighted by atomic mass is 16.5. The Morgan fingerprint density at radius 3 is 2.42 bits per heavy atom. The van der Waals surface area contributed by atoms with Crippen molar-refractivity contribution in [2.45, 2.75) is 18.9 Å². The Balaban J connectivity index is 1.84. The zero-order valence-corrected chi connectivity index (χ0v) is 10.4. The third kappa shape index (κ3) is 2.76. The van der Waals surface area contributed by atoms with E-state index in [1.54, 1.807) is 18.2 Å². The summed E-state index contributed by atoms with van der Waals surface area (Å²) in [5.74, 6) is -0.0313. The lowest BCUT2D eigenvalue weighted by atomic mass is 10.0. The standard InChI is InChI=1S/C16H14O3/c17-16(18)13-3-1-2-12(10-13)11-4-6-14(7-5-11)19-15-8-9-15/h1-7,10,15H,8-9H2,(H,17,18). The fourth-order valence-electron chi connectivity index (χ4n) is 1.94. The molecule has 0 saturated heterocycles. The van der Waals surface area contributed by atoms with Gasteiger partial charge in [-0.25, -0.2) is 4.79 Å². The van der Waals surface area contributed by atoms with Crippen LogP contribution in [-0.4, -0.2) is 17.2 Å². The first-order valence-electron chi connectivity index (χ1n) is 6.33. The highest BCUT2D eigenvalue weighted by Crippen LogP contribution is 2.28. The highest BCUT2D eigenvalue weighted by molar-refractivity contribution is 5.89. The molecule has 3 nitrogen and oxygen atoms in total. The normalized spacial score (nSPS) is 14.1. The highest BCUT2D eigenvalue weighted by Gasteiger charge is 2.23. The zero-order chi connectivity index (χ0) is 13.2. The van der Waals surface area contributed by atoms with Gasteiger partial charge in [0.2, 0.25) is 0 Å². The molecule has 0 bridgehead atoms. The van der Waals surface area contributed by atoms with Crippen LogP contribution in [0.4, 0.5) is 0 Å². The van der Waals surface area contributed by atoms with Gasteiger partial charge in [0.1, 0.15) is 5.75 Å². The van der Waals surface area contributed by atoms with Crippen molar-refractivity contribution in [3.8, 4) is 16.9 Å². The lowest BCUT2D eigenvalue weighted by Gasteiger charge is -2.06. The summed E-state index contributed by atoms with van der Waals surface area (Å²) in [6, 6.07) is 14.7. The summed E-state index contributed by atoms with van der Waals surface area (Å²) in [6.07, 6.45) is 2.67. The zero-order valence-electron chi connectivity index (χ0n) is 10.4. The molecule has 0 aliphatic heterocycles. The topological polar surface area (TPSA) is 46.5 Å². The minimum atomic E-state index is -0.907. The number of benzene rings is 2. The summed E-state index contributed by atoms with van der Waals surface area (Å²) in [4.78, 5) is 10.9. The van der Waals surface area contributed by atoms with Crippen molar-refractivity contribution in [1.29, 1.82) is 0 Å². The van der Waals surface area contributed by atoms with E-state index >= 15 is 0 Å². The lowest BCUT2D eigenvalue weighted by molar-refractivity contribution is 0.0697. The molecule has 0 heterocycles. The van der Waals surface area contributed by atoms with Gasteiger partial charge >= 0.3 is 5.97 Å². The van der Waals surface area contributed by atoms with Crippen LogP contribution in [-0.2, 0) is 0 Å². The van der Waals surface area contributed by atoms with Crippen LogP contribution in [0, 0.1) is 0 Å². The van der Waals surface area contributed by atoms with E-state index in [-0.39, 0.29) is 0 Å².